The molecular weight excluding hydrogens is 360 g/mol. The monoisotopic (exact) mass is 374 g/mol. The molecule has 0 aliphatic heterocycles. The van der Waals surface area contributed by atoms with Gasteiger partial charge in [0.2, 0.25) is 10.0 Å². The number of nitrogens with two attached hydrogens (primary N) is 1. The molecule has 1 unspecified atom stereocenters. The number of sulfonamides is 1. The van der Waals surface area contributed by atoms with Gasteiger partial charge in [0, 0.05) is 16.2 Å². The van der Waals surface area contributed by atoms with Crippen molar-refractivity contribution in [1.29, 1.82) is 0 Å². The number of thiophene rings is 1. The van der Waals surface area contributed by atoms with Gasteiger partial charge in [-0.2, -0.15) is 11.3 Å². The first-order chi connectivity index (χ1) is 9.38. The van der Waals surface area contributed by atoms with Crippen molar-refractivity contribution < 1.29 is 8.42 Å². The maximum Gasteiger partial charge on any atom is 0.242 e. The zero-order chi connectivity index (χ0) is 14.8. The molecule has 0 radical (unpaired) electrons. The average molecular weight is 375 g/mol. The van der Waals surface area contributed by atoms with Gasteiger partial charge in [-0.1, -0.05) is 0 Å². The standard InChI is InChI=1S/C13H15BrN2O2S2/c1-9(6-10-4-5-19-8-10)16-20(17,18)13-7-11(15)2-3-12(13)14/h2-5,7-9,16H,6,15H2,1H3. The minimum absolute atomic E-state index is 0.162. The van der Waals surface area contributed by atoms with E-state index in [0.29, 0.717) is 16.6 Å². The molecule has 0 aliphatic carbocycles. The number of anilines is 1. The maximum atomic E-state index is 12.4. The minimum Gasteiger partial charge on any atom is -0.399 e. The summed E-state index contributed by atoms with van der Waals surface area (Å²) in [5.41, 5.74) is 7.19. The number of rotatable bonds is 5. The second-order valence-corrected chi connectivity index (χ2v) is 7.86. The molecule has 0 amide bonds. The summed E-state index contributed by atoms with van der Waals surface area (Å²) in [5.74, 6) is 0. The summed E-state index contributed by atoms with van der Waals surface area (Å²) >= 11 is 4.84. The van der Waals surface area contributed by atoms with Crippen LogP contribution in [0.25, 0.3) is 0 Å². The Bertz CT molecular complexity index is 684. The summed E-state index contributed by atoms with van der Waals surface area (Å²) in [6, 6.07) is 6.53. The second-order valence-electron chi connectivity index (χ2n) is 4.55. The lowest BCUT2D eigenvalue weighted by Crippen LogP contribution is -2.34. The van der Waals surface area contributed by atoms with Gasteiger partial charge < -0.3 is 5.73 Å². The Morgan fingerprint density at radius 2 is 2.15 bits per heavy atom. The molecule has 20 heavy (non-hydrogen) atoms. The van der Waals surface area contributed by atoms with Gasteiger partial charge in [-0.15, -0.1) is 0 Å². The summed E-state index contributed by atoms with van der Waals surface area (Å²) in [7, 11) is -3.59. The van der Waals surface area contributed by atoms with Crippen molar-refractivity contribution >= 4 is 43.0 Å². The summed E-state index contributed by atoms with van der Waals surface area (Å²) in [6.07, 6.45) is 0.655. The molecule has 1 aromatic carbocycles. The van der Waals surface area contributed by atoms with Crippen LogP contribution in [-0.4, -0.2) is 14.5 Å². The number of hydrogen-bond donors (Lipinski definition) is 2. The van der Waals surface area contributed by atoms with E-state index in [9.17, 15) is 8.42 Å². The topological polar surface area (TPSA) is 72.2 Å². The number of benzene rings is 1. The number of nitrogen functional groups attached to an aromatic ring is 1. The van der Waals surface area contributed by atoms with Crippen molar-refractivity contribution in [1.82, 2.24) is 4.72 Å². The third kappa shape index (κ3) is 3.82. The Labute approximate surface area is 131 Å². The highest BCUT2D eigenvalue weighted by Gasteiger charge is 2.20. The summed E-state index contributed by atoms with van der Waals surface area (Å²) in [4.78, 5) is 0.162. The number of nitrogens with one attached hydrogen (secondary N) is 1. The quantitative estimate of drug-likeness (QED) is 0.790. The predicted molar refractivity (Wildman–Crippen MR) is 86.4 cm³/mol. The van der Waals surface area contributed by atoms with Crippen molar-refractivity contribution in [3.05, 3.63) is 45.1 Å². The Hall–Kier alpha value is -0.890. The van der Waals surface area contributed by atoms with Crippen molar-refractivity contribution in [3.63, 3.8) is 0 Å². The van der Waals surface area contributed by atoms with Crippen LogP contribution < -0.4 is 10.5 Å². The van der Waals surface area contributed by atoms with Crippen LogP contribution in [0.2, 0.25) is 0 Å². The van der Waals surface area contributed by atoms with Gasteiger partial charge in [0.25, 0.3) is 0 Å². The molecule has 1 heterocycles. The van der Waals surface area contributed by atoms with Crippen LogP contribution in [0.5, 0.6) is 0 Å². The molecule has 7 heteroatoms. The first-order valence-electron chi connectivity index (χ1n) is 5.97. The molecule has 0 bridgehead atoms. The van der Waals surface area contributed by atoms with E-state index in [2.05, 4.69) is 20.7 Å². The second kappa shape index (κ2) is 6.26. The Morgan fingerprint density at radius 1 is 1.40 bits per heavy atom. The third-order valence-electron chi connectivity index (χ3n) is 2.72. The van der Waals surface area contributed by atoms with E-state index < -0.39 is 10.0 Å². The van der Waals surface area contributed by atoms with E-state index in [-0.39, 0.29) is 10.9 Å². The van der Waals surface area contributed by atoms with Gasteiger partial charge in [0.1, 0.15) is 0 Å². The maximum absolute atomic E-state index is 12.4. The van der Waals surface area contributed by atoms with Gasteiger partial charge in [0.15, 0.2) is 0 Å². The lowest BCUT2D eigenvalue weighted by atomic mass is 10.1. The molecule has 2 rings (SSSR count). The molecule has 2 aromatic rings. The van der Waals surface area contributed by atoms with E-state index in [1.165, 1.54) is 6.07 Å². The smallest absolute Gasteiger partial charge is 0.242 e. The van der Waals surface area contributed by atoms with Crippen molar-refractivity contribution in [2.24, 2.45) is 0 Å². The molecule has 3 N–H and O–H groups in total. The van der Waals surface area contributed by atoms with Crippen molar-refractivity contribution in [2.45, 2.75) is 24.3 Å². The van der Waals surface area contributed by atoms with E-state index in [0.717, 1.165) is 5.56 Å². The summed E-state index contributed by atoms with van der Waals surface area (Å²) in [5, 5.41) is 3.99. The van der Waals surface area contributed by atoms with Crippen LogP contribution in [0.4, 0.5) is 5.69 Å². The highest BCUT2D eigenvalue weighted by atomic mass is 79.9. The fourth-order valence-electron chi connectivity index (χ4n) is 1.86. The largest absolute Gasteiger partial charge is 0.399 e. The average Bonchev–Trinajstić information content (AvgIpc) is 2.84. The van der Waals surface area contributed by atoms with Gasteiger partial charge in [0.05, 0.1) is 4.90 Å². The molecule has 1 atom stereocenters. The first kappa shape index (κ1) is 15.5. The number of halogens is 1. The SMILES string of the molecule is CC(Cc1ccsc1)NS(=O)(=O)c1cc(N)ccc1Br. The first-order valence-corrected chi connectivity index (χ1v) is 9.19. The molecule has 0 spiro atoms. The minimum atomic E-state index is -3.59. The molecule has 1 aromatic heterocycles. The Kier molecular flexibility index (Phi) is 4.85. The van der Waals surface area contributed by atoms with Gasteiger partial charge in [-0.3, -0.25) is 0 Å². The molecule has 0 saturated heterocycles. The zero-order valence-corrected chi connectivity index (χ0v) is 14.1. The van der Waals surface area contributed by atoms with Crippen LogP contribution in [0, 0.1) is 0 Å². The molecule has 4 nitrogen and oxygen atoms in total. The van der Waals surface area contributed by atoms with Crippen LogP contribution in [0.1, 0.15) is 12.5 Å². The normalized spacial score (nSPS) is 13.3. The Morgan fingerprint density at radius 3 is 2.80 bits per heavy atom. The fraction of sp³-hybridized carbons (Fsp3) is 0.231. The van der Waals surface area contributed by atoms with Gasteiger partial charge in [-0.25, -0.2) is 13.1 Å². The van der Waals surface area contributed by atoms with Crippen molar-refractivity contribution in [3.8, 4) is 0 Å². The van der Waals surface area contributed by atoms with E-state index in [1.807, 2.05) is 23.8 Å². The van der Waals surface area contributed by atoms with Crippen molar-refractivity contribution in [2.75, 3.05) is 5.73 Å². The molecule has 0 saturated carbocycles. The molecular formula is C13H15BrN2O2S2. The highest BCUT2D eigenvalue weighted by molar-refractivity contribution is 9.10. The lowest BCUT2D eigenvalue weighted by molar-refractivity contribution is 0.559. The summed E-state index contributed by atoms with van der Waals surface area (Å²) in [6.45, 7) is 1.84. The van der Waals surface area contributed by atoms with Crippen LogP contribution in [0.3, 0.4) is 0 Å². The number of hydrogen-bond acceptors (Lipinski definition) is 4. The van der Waals surface area contributed by atoms with E-state index in [1.54, 1.807) is 23.5 Å². The predicted octanol–water partition coefficient (Wildman–Crippen LogP) is 3.00. The van der Waals surface area contributed by atoms with Crippen LogP contribution >= 0.6 is 27.3 Å². The van der Waals surface area contributed by atoms with Crippen LogP contribution in [0.15, 0.2) is 44.4 Å². The molecule has 0 fully saturated rings. The molecule has 0 aliphatic rings. The summed E-state index contributed by atoms with van der Waals surface area (Å²) < 4.78 is 27.9. The fourth-order valence-corrected chi connectivity index (χ4v) is 4.78. The van der Waals surface area contributed by atoms with Gasteiger partial charge >= 0.3 is 0 Å². The van der Waals surface area contributed by atoms with E-state index >= 15 is 0 Å². The van der Waals surface area contributed by atoms with Gasteiger partial charge in [-0.05, 0) is 69.9 Å². The lowest BCUT2D eigenvalue weighted by Gasteiger charge is -2.15. The van der Waals surface area contributed by atoms with Crippen LogP contribution in [-0.2, 0) is 16.4 Å². The third-order valence-corrected chi connectivity index (χ3v) is 6.04. The highest BCUT2D eigenvalue weighted by Crippen LogP contribution is 2.24. The zero-order valence-electron chi connectivity index (χ0n) is 10.8. The molecule has 108 valence electrons. The Balaban J connectivity index is 2.16. The van der Waals surface area contributed by atoms with E-state index in [4.69, 9.17) is 5.73 Å².